The lowest BCUT2D eigenvalue weighted by Crippen LogP contribution is -2.63. The Morgan fingerprint density at radius 2 is 1.76 bits per heavy atom. The molecule has 34 heavy (non-hydrogen) atoms. The summed E-state index contributed by atoms with van der Waals surface area (Å²) < 4.78 is 47.2. The second kappa shape index (κ2) is 11.4. The average molecular weight is 535 g/mol. The van der Waals surface area contributed by atoms with E-state index in [2.05, 4.69) is 5.09 Å². The number of ether oxygens (including phenoxy) is 4. The minimum Gasteiger partial charge on any atom is -0.348 e. The highest BCUT2D eigenvalue weighted by atomic mass is 35.5. The molecule has 11 heteroatoms. The van der Waals surface area contributed by atoms with E-state index in [9.17, 15) is 4.57 Å². The van der Waals surface area contributed by atoms with Crippen LogP contribution in [0, 0.1) is 0 Å². The van der Waals surface area contributed by atoms with Gasteiger partial charge in [0.05, 0.1) is 18.8 Å². The molecular weight excluding hydrogens is 502 g/mol. The third-order valence-corrected chi connectivity index (χ3v) is 9.56. The zero-order valence-electron chi connectivity index (χ0n) is 19.1. The van der Waals surface area contributed by atoms with Crippen molar-refractivity contribution in [1.29, 1.82) is 0 Å². The summed E-state index contributed by atoms with van der Waals surface area (Å²) in [6, 6.07) is 9.31. The summed E-state index contributed by atoms with van der Waals surface area (Å²) in [5, 5.41) is 3.24. The van der Waals surface area contributed by atoms with Gasteiger partial charge in [-0.3, -0.25) is 9.09 Å². The standard InChI is InChI=1S/C23H33Cl2N2O6P/c24-11-13-27(14-12-25)34(28)26-19-21(33-34)20-18(31-23(19)30-17-9-5-2-6-10-17)15-29-22(32-20)16-7-3-1-4-8-16/h1,3-4,7-8,17-23H,2,5-6,9-15H2,(H,26,28)/t18-,19-,20-,21+,22-,23-,34?/m1/s1. The molecule has 0 bridgehead atoms. The number of nitrogens with zero attached hydrogens (tertiary/aromatic N) is 1. The first-order chi connectivity index (χ1) is 16.6. The van der Waals surface area contributed by atoms with E-state index in [1.165, 1.54) is 6.42 Å². The molecule has 4 fully saturated rings. The quantitative estimate of drug-likeness (QED) is 0.388. The number of benzene rings is 1. The molecule has 1 aromatic carbocycles. The second-order valence-electron chi connectivity index (χ2n) is 9.19. The Hall–Kier alpha value is -0.250. The van der Waals surface area contributed by atoms with E-state index >= 15 is 0 Å². The van der Waals surface area contributed by atoms with Gasteiger partial charge in [-0.1, -0.05) is 49.6 Å². The van der Waals surface area contributed by atoms with Gasteiger partial charge in [-0.2, -0.15) is 0 Å². The van der Waals surface area contributed by atoms with E-state index in [1.807, 2.05) is 30.3 Å². The lowest BCUT2D eigenvalue weighted by atomic mass is 9.95. The van der Waals surface area contributed by atoms with E-state index in [0.717, 1.165) is 31.2 Å². The van der Waals surface area contributed by atoms with Gasteiger partial charge in [0.2, 0.25) is 0 Å². The van der Waals surface area contributed by atoms with Crippen LogP contribution in [0.25, 0.3) is 0 Å². The fraction of sp³-hybridized carbons (Fsp3) is 0.739. The molecule has 5 rings (SSSR count). The van der Waals surface area contributed by atoms with Crippen LogP contribution in [0.5, 0.6) is 0 Å². The van der Waals surface area contributed by atoms with Gasteiger partial charge < -0.3 is 18.9 Å². The average Bonchev–Trinajstić information content (AvgIpc) is 3.24. The predicted molar refractivity (Wildman–Crippen MR) is 129 cm³/mol. The molecule has 1 saturated carbocycles. The summed E-state index contributed by atoms with van der Waals surface area (Å²) in [6.07, 6.45) is 3.08. The highest BCUT2D eigenvalue weighted by Gasteiger charge is 2.60. The molecule has 1 N–H and O–H groups in total. The van der Waals surface area contributed by atoms with Crippen molar-refractivity contribution in [3.05, 3.63) is 35.9 Å². The largest absolute Gasteiger partial charge is 0.348 e. The number of hydrogen-bond donors (Lipinski definition) is 1. The number of alkyl halides is 2. The lowest BCUT2D eigenvalue weighted by molar-refractivity contribution is -0.342. The minimum atomic E-state index is -3.43. The molecule has 4 aliphatic rings. The van der Waals surface area contributed by atoms with E-state index < -0.39 is 44.6 Å². The maximum atomic E-state index is 14.0. The SMILES string of the molecule is O=P1(N(CCCl)CCCl)N[C@H]2[C@H](OC3CCCCC3)O[C@@H]3CO[C@@H](c4ccccc4)O[C@H]3[C@H]2O1. The normalized spacial score (nSPS) is 38.6. The molecule has 0 aromatic heterocycles. The van der Waals surface area contributed by atoms with E-state index in [4.69, 9.17) is 46.7 Å². The fourth-order valence-corrected chi connectivity index (χ4v) is 8.18. The van der Waals surface area contributed by atoms with Crippen LogP contribution in [-0.4, -0.2) is 72.9 Å². The highest BCUT2D eigenvalue weighted by molar-refractivity contribution is 7.54. The molecule has 0 spiro atoms. The molecule has 0 radical (unpaired) electrons. The Balaban J connectivity index is 1.39. The van der Waals surface area contributed by atoms with Crippen molar-refractivity contribution in [3.63, 3.8) is 0 Å². The molecule has 190 valence electrons. The van der Waals surface area contributed by atoms with Crippen LogP contribution in [-0.2, 0) is 28.0 Å². The molecule has 1 aromatic rings. The molecule has 3 aliphatic heterocycles. The summed E-state index contributed by atoms with van der Waals surface area (Å²) in [5.41, 5.74) is 0.915. The minimum absolute atomic E-state index is 0.113. The number of rotatable bonds is 8. The van der Waals surface area contributed by atoms with E-state index in [0.29, 0.717) is 31.5 Å². The van der Waals surface area contributed by atoms with Crippen LogP contribution >= 0.6 is 30.9 Å². The molecule has 3 heterocycles. The number of nitrogens with one attached hydrogen (secondary N) is 1. The molecule has 1 aliphatic carbocycles. The topological polar surface area (TPSA) is 78.5 Å². The first kappa shape index (κ1) is 25.4. The first-order valence-corrected chi connectivity index (χ1v) is 14.8. The van der Waals surface area contributed by atoms with E-state index in [1.54, 1.807) is 4.67 Å². The van der Waals surface area contributed by atoms with Crippen LogP contribution in [0.3, 0.4) is 0 Å². The number of hydrogen-bond acceptors (Lipinski definition) is 6. The van der Waals surface area contributed by atoms with Crippen LogP contribution < -0.4 is 5.09 Å². The third-order valence-electron chi connectivity index (χ3n) is 6.92. The summed E-state index contributed by atoms with van der Waals surface area (Å²) in [4.78, 5) is 0. The van der Waals surface area contributed by atoms with Gasteiger partial charge in [-0.05, 0) is 12.8 Å². The zero-order valence-corrected chi connectivity index (χ0v) is 21.5. The second-order valence-corrected chi connectivity index (χ2v) is 12.0. The van der Waals surface area contributed by atoms with Gasteiger partial charge >= 0.3 is 7.67 Å². The zero-order chi connectivity index (χ0) is 23.5. The van der Waals surface area contributed by atoms with Crippen molar-refractivity contribution >= 4 is 30.9 Å². The maximum absolute atomic E-state index is 14.0. The smallest absolute Gasteiger partial charge is 0.344 e. The summed E-state index contributed by atoms with van der Waals surface area (Å²) in [7, 11) is -3.43. The van der Waals surface area contributed by atoms with E-state index in [-0.39, 0.29) is 6.10 Å². The van der Waals surface area contributed by atoms with Crippen molar-refractivity contribution in [3.8, 4) is 0 Å². The molecule has 3 saturated heterocycles. The molecule has 7 atom stereocenters. The van der Waals surface area contributed by atoms with Crippen molar-refractivity contribution in [2.75, 3.05) is 31.5 Å². The Morgan fingerprint density at radius 1 is 1.03 bits per heavy atom. The van der Waals surface area contributed by atoms with Crippen molar-refractivity contribution < 1.29 is 28.0 Å². The van der Waals surface area contributed by atoms with Crippen molar-refractivity contribution in [2.45, 2.75) is 75.1 Å². The van der Waals surface area contributed by atoms with Gasteiger partial charge in [0.25, 0.3) is 0 Å². The molecule has 8 nitrogen and oxygen atoms in total. The summed E-state index contributed by atoms with van der Waals surface area (Å²) >= 11 is 12.0. The summed E-state index contributed by atoms with van der Waals surface area (Å²) in [5.74, 6) is 0.623. The van der Waals surface area contributed by atoms with Crippen molar-refractivity contribution in [2.24, 2.45) is 0 Å². The van der Waals surface area contributed by atoms with Gasteiger partial charge in [0, 0.05) is 30.4 Å². The molecule has 1 unspecified atom stereocenters. The maximum Gasteiger partial charge on any atom is 0.344 e. The molecular formula is C23H33Cl2N2O6P. The van der Waals surface area contributed by atoms with Crippen LogP contribution in [0.1, 0.15) is 44.0 Å². The number of halogens is 2. The van der Waals surface area contributed by atoms with Crippen LogP contribution in [0.2, 0.25) is 0 Å². The fourth-order valence-electron chi connectivity index (χ4n) is 5.22. The van der Waals surface area contributed by atoms with Crippen LogP contribution in [0.15, 0.2) is 30.3 Å². The summed E-state index contributed by atoms with van der Waals surface area (Å²) in [6.45, 7) is 1.11. The predicted octanol–water partition coefficient (Wildman–Crippen LogP) is 4.42. The Bertz CT molecular complexity index is 842. The van der Waals surface area contributed by atoms with Crippen LogP contribution in [0.4, 0.5) is 0 Å². The first-order valence-electron chi connectivity index (χ1n) is 12.2. The highest BCUT2D eigenvalue weighted by Crippen LogP contribution is 2.57. The Labute approximate surface area is 211 Å². The number of fused-ring (bicyclic) bond motifs is 3. The Morgan fingerprint density at radius 3 is 2.47 bits per heavy atom. The van der Waals surface area contributed by atoms with Gasteiger partial charge in [-0.15, -0.1) is 23.2 Å². The van der Waals surface area contributed by atoms with Gasteiger partial charge in [0.1, 0.15) is 18.3 Å². The monoisotopic (exact) mass is 534 g/mol. The van der Waals surface area contributed by atoms with Gasteiger partial charge in [0.15, 0.2) is 12.6 Å². The van der Waals surface area contributed by atoms with Crippen molar-refractivity contribution in [1.82, 2.24) is 9.76 Å². The van der Waals surface area contributed by atoms with Gasteiger partial charge in [-0.25, -0.2) is 9.76 Å². The molecule has 0 amide bonds. The third kappa shape index (κ3) is 5.37. The lowest BCUT2D eigenvalue weighted by Gasteiger charge is -2.46. The Kier molecular flexibility index (Phi) is 8.54.